The first-order chi connectivity index (χ1) is 14.8. The summed E-state index contributed by atoms with van der Waals surface area (Å²) >= 11 is 0. The SMILES string of the molecule is CC1=C(C(=O)OC[C@@H]2CCCO2)[C@H](c2cccc(C(F)(F)F)c2)C2=C(CCCC2=O)N1. The molecule has 0 radical (unpaired) electrons. The van der Waals surface area contributed by atoms with Crippen molar-refractivity contribution < 1.29 is 32.2 Å². The fraction of sp³-hybridized carbons (Fsp3) is 0.478. The van der Waals surface area contributed by atoms with Gasteiger partial charge in [0.15, 0.2) is 5.78 Å². The molecule has 0 unspecified atom stereocenters. The third kappa shape index (κ3) is 4.39. The van der Waals surface area contributed by atoms with E-state index in [9.17, 15) is 22.8 Å². The Bertz CT molecular complexity index is 958. The smallest absolute Gasteiger partial charge is 0.416 e. The Hall–Kier alpha value is -2.61. The monoisotopic (exact) mass is 435 g/mol. The number of alkyl halides is 3. The molecule has 8 heteroatoms. The second-order valence-electron chi connectivity index (χ2n) is 8.12. The Balaban J connectivity index is 1.73. The molecule has 1 N–H and O–H groups in total. The maximum atomic E-state index is 13.4. The zero-order valence-electron chi connectivity index (χ0n) is 17.2. The minimum absolute atomic E-state index is 0.0742. The van der Waals surface area contributed by atoms with E-state index in [2.05, 4.69) is 5.32 Å². The van der Waals surface area contributed by atoms with Crippen molar-refractivity contribution >= 4 is 11.8 Å². The number of nitrogens with one attached hydrogen (secondary N) is 1. The van der Waals surface area contributed by atoms with Crippen molar-refractivity contribution in [3.8, 4) is 0 Å². The molecular formula is C23H24F3NO4. The van der Waals surface area contributed by atoms with E-state index in [1.165, 1.54) is 12.1 Å². The number of allylic oxidation sites excluding steroid dienone is 3. The van der Waals surface area contributed by atoms with E-state index < -0.39 is 23.6 Å². The van der Waals surface area contributed by atoms with Crippen LogP contribution in [0.4, 0.5) is 13.2 Å². The zero-order valence-corrected chi connectivity index (χ0v) is 17.2. The van der Waals surface area contributed by atoms with Gasteiger partial charge < -0.3 is 14.8 Å². The molecule has 31 heavy (non-hydrogen) atoms. The fourth-order valence-electron chi connectivity index (χ4n) is 4.50. The minimum atomic E-state index is -4.53. The first-order valence-electron chi connectivity index (χ1n) is 10.5. The number of rotatable bonds is 4. The number of hydrogen-bond acceptors (Lipinski definition) is 5. The van der Waals surface area contributed by atoms with Crippen LogP contribution in [0.25, 0.3) is 0 Å². The molecule has 2 atom stereocenters. The average molecular weight is 435 g/mol. The lowest BCUT2D eigenvalue weighted by molar-refractivity contribution is -0.142. The lowest BCUT2D eigenvalue weighted by Crippen LogP contribution is -2.35. The Kier molecular flexibility index (Phi) is 5.92. The molecular weight excluding hydrogens is 411 g/mol. The van der Waals surface area contributed by atoms with Crippen LogP contribution in [0.1, 0.15) is 56.1 Å². The maximum Gasteiger partial charge on any atom is 0.416 e. The summed E-state index contributed by atoms with van der Waals surface area (Å²) in [7, 11) is 0. The highest BCUT2D eigenvalue weighted by atomic mass is 19.4. The van der Waals surface area contributed by atoms with Gasteiger partial charge in [0, 0.05) is 35.9 Å². The van der Waals surface area contributed by atoms with Crippen LogP contribution in [0.15, 0.2) is 46.8 Å². The van der Waals surface area contributed by atoms with Crippen LogP contribution in [0.2, 0.25) is 0 Å². The molecule has 166 valence electrons. The molecule has 2 heterocycles. The maximum absolute atomic E-state index is 13.4. The van der Waals surface area contributed by atoms with Crippen LogP contribution in [-0.4, -0.2) is 31.1 Å². The summed E-state index contributed by atoms with van der Waals surface area (Å²) in [5, 5.41) is 3.14. The largest absolute Gasteiger partial charge is 0.459 e. The number of ether oxygens (including phenoxy) is 2. The molecule has 5 nitrogen and oxygen atoms in total. The van der Waals surface area contributed by atoms with Gasteiger partial charge in [-0.05, 0) is 44.2 Å². The highest BCUT2D eigenvalue weighted by molar-refractivity contribution is 6.03. The molecule has 1 saturated heterocycles. The molecule has 1 aromatic carbocycles. The van der Waals surface area contributed by atoms with E-state index in [1.807, 2.05) is 0 Å². The van der Waals surface area contributed by atoms with Crippen LogP contribution < -0.4 is 5.32 Å². The molecule has 1 fully saturated rings. The normalized spacial score (nSPS) is 24.2. The predicted octanol–water partition coefficient (Wildman–Crippen LogP) is 4.40. The van der Waals surface area contributed by atoms with E-state index in [0.29, 0.717) is 42.8 Å². The summed E-state index contributed by atoms with van der Waals surface area (Å²) in [5.41, 5.74) is 1.13. The third-order valence-electron chi connectivity index (χ3n) is 5.97. The van der Waals surface area contributed by atoms with Gasteiger partial charge in [-0.2, -0.15) is 13.2 Å². The van der Waals surface area contributed by atoms with Crippen molar-refractivity contribution in [2.75, 3.05) is 13.2 Å². The quantitative estimate of drug-likeness (QED) is 0.711. The van der Waals surface area contributed by atoms with Crippen LogP contribution in [0.3, 0.4) is 0 Å². The van der Waals surface area contributed by atoms with Gasteiger partial charge in [0.1, 0.15) is 6.61 Å². The van der Waals surface area contributed by atoms with Gasteiger partial charge in [-0.15, -0.1) is 0 Å². The molecule has 2 aliphatic heterocycles. The van der Waals surface area contributed by atoms with E-state index >= 15 is 0 Å². The Labute approximate surface area is 178 Å². The molecule has 0 saturated carbocycles. The summed E-state index contributed by atoms with van der Waals surface area (Å²) in [4.78, 5) is 25.9. The number of benzene rings is 1. The summed E-state index contributed by atoms with van der Waals surface area (Å²) in [5.74, 6) is -1.70. The number of ketones is 1. The van der Waals surface area contributed by atoms with Crippen molar-refractivity contribution in [3.05, 3.63) is 57.9 Å². The van der Waals surface area contributed by atoms with Gasteiger partial charge in [-0.1, -0.05) is 18.2 Å². The highest BCUT2D eigenvalue weighted by Gasteiger charge is 2.40. The first kappa shape index (κ1) is 21.6. The van der Waals surface area contributed by atoms with Gasteiger partial charge >= 0.3 is 12.1 Å². The number of halogens is 3. The van der Waals surface area contributed by atoms with Crippen LogP contribution in [0.5, 0.6) is 0 Å². The Morgan fingerprint density at radius 3 is 2.77 bits per heavy atom. The molecule has 0 aromatic heterocycles. The predicted molar refractivity (Wildman–Crippen MR) is 106 cm³/mol. The van der Waals surface area contributed by atoms with E-state index in [1.54, 1.807) is 6.92 Å². The van der Waals surface area contributed by atoms with Crippen LogP contribution in [-0.2, 0) is 25.2 Å². The summed E-state index contributed by atoms with van der Waals surface area (Å²) in [6.45, 7) is 2.38. The molecule has 0 spiro atoms. The molecule has 0 bridgehead atoms. The second kappa shape index (κ2) is 8.49. The summed E-state index contributed by atoms with van der Waals surface area (Å²) < 4.78 is 51.1. The van der Waals surface area contributed by atoms with Gasteiger partial charge in [0.25, 0.3) is 0 Å². The Morgan fingerprint density at radius 2 is 2.06 bits per heavy atom. The van der Waals surface area contributed by atoms with Crippen molar-refractivity contribution in [3.63, 3.8) is 0 Å². The molecule has 1 aliphatic carbocycles. The molecule has 0 amide bonds. The van der Waals surface area contributed by atoms with Crippen LogP contribution >= 0.6 is 0 Å². The number of dihydropyridines is 1. The van der Waals surface area contributed by atoms with Gasteiger partial charge in [0.2, 0.25) is 0 Å². The molecule has 1 aromatic rings. The lowest BCUT2D eigenvalue weighted by atomic mass is 9.75. The van der Waals surface area contributed by atoms with Gasteiger partial charge in [-0.3, -0.25) is 4.79 Å². The summed E-state index contributed by atoms with van der Waals surface area (Å²) in [6.07, 6.45) is -1.47. The summed E-state index contributed by atoms with van der Waals surface area (Å²) in [6, 6.07) is 4.83. The standard InChI is InChI=1S/C23H24F3NO4/c1-13-19(22(29)31-12-16-7-4-10-30-16)20(21-17(27-13)8-3-9-18(21)28)14-5-2-6-15(11-14)23(24,25)26/h2,5-6,11,16,20,27H,3-4,7-10,12H2,1H3/t16-,20-/m0/s1. The zero-order chi connectivity index (χ0) is 22.2. The van der Waals surface area contributed by atoms with Crippen molar-refractivity contribution in [2.45, 2.75) is 57.2 Å². The fourth-order valence-corrected chi connectivity index (χ4v) is 4.50. The van der Waals surface area contributed by atoms with Crippen molar-refractivity contribution in [1.29, 1.82) is 0 Å². The van der Waals surface area contributed by atoms with Crippen molar-refractivity contribution in [1.82, 2.24) is 5.32 Å². The molecule has 3 aliphatic rings. The second-order valence-corrected chi connectivity index (χ2v) is 8.12. The van der Waals surface area contributed by atoms with Gasteiger partial charge in [-0.25, -0.2) is 4.79 Å². The minimum Gasteiger partial charge on any atom is -0.459 e. The number of esters is 1. The topological polar surface area (TPSA) is 64.6 Å². The number of hydrogen-bond donors (Lipinski definition) is 1. The van der Waals surface area contributed by atoms with Crippen molar-refractivity contribution in [2.24, 2.45) is 0 Å². The third-order valence-corrected chi connectivity index (χ3v) is 5.97. The number of carbonyl (C=O) groups excluding carboxylic acids is 2. The first-order valence-corrected chi connectivity index (χ1v) is 10.5. The number of Topliss-reactive ketones (excluding diaryl/α,β-unsaturated/α-hetero) is 1. The molecule has 4 rings (SSSR count). The van der Waals surface area contributed by atoms with E-state index in [4.69, 9.17) is 9.47 Å². The van der Waals surface area contributed by atoms with Crippen LogP contribution in [0, 0.1) is 0 Å². The number of carbonyl (C=O) groups is 2. The van der Waals surface area contributed by atoms with E-state index in [0.717, 1.165) is 25.0 Å². The highest BCUT2D eigenvalue weighted by Crippen LogP contribution is 2.43. The van der Waals surface area contributed by atoms with Gasteiger partial charge in [0.05, 0.1) is 17.2 Å². The van der Waals surface area contributed by atoms with E-state index in [-0.39, 0.29) is 29.6 Å². The lowest BCUT2D eigenvalue weighted by Gasteiger charge is -2.34. The average Bonchev–Trinajstić information content (AvgIpc) is 3.24. The Morgan fingerprint density at radius 1 is 1.26 bits per heavy atom.